The second-order valence-electron chi connectivity index (χ2n) is 7.51. The van der Waals surface area contributed by atoms with Gasteiger partial charge in [0.05, 0.1) is 0 Å². The van der Waals surface area contributed by atoms with Crippen LogP contribution in [0.25, 0.3) is 0 Å². The van der Waals surface area contributed by atoms with Gasteiger partial charge >= 0.3 is 6.03 Å². The van der Waals surface area contributed by atoms with Crippen molar-refractivity contribution in [2.75, 3.05) is 20.4 Å². The van der Waals surface area contributed by atoms with Gasteiger partial charge in [-0.05, 0) is 25.1 Å². The lowest BCUT2D eigenvalue weighted by Gasteiger charge is -2.29. The lowest BCUT2D eigenvalue weighted by molar-refractivity contribution is -0.126. The summed E-state index contributed by atoms with van der Waals surface area (Å²) in [4.78, 5) is 24.9. The number of imide groups is 1. The standard InChI is InChI=1S/C17H25FN2O4Si/c1-17(15(21)19-16(22)20(17)2)13-7-6-12(10-14(13)18)24-11-23-8-9-25(3,4)5/h6-7,10H,8-9,11H2,1-5H3,(H,19,21,22). The summed E-state index contributed by atoms with van der Waals surface area (Å²) in [5.74, 6) is -0.855. The smallest absolute Gasteiger partial charge is 0.325 e. The van der Waals surface area contributed by atoms with E-state index in [1.807, 2.05) is 0 Å². The Bertz CT molecular complexity index is 677. The molecule has 2 rings (SSSR count). The number of ether oxygens (including phenoxy) is 2. The maximum Gasteiger partial charge on any atom is 0.325 e. The maximum atomic E-state index is 14.5. The molecule has 6 nitrogen and oxygen atoms in total. The number of halogens is 1. The largest absolute Gasteiger partial charge is 0.467 e. The number of carbonyl (C=O) groups is 2. The zero-order chi connectivity index (χ0) is 18.8. The van der Waals surface area contributed by atoms with Crippen molar-refractivity contribution in [3.8, 4) is 5.75 Å². The Morgan fingerprint density at radius 1 is 1.28 bits per heavy atom. The molecule has 1 atom stereocenters. The van der Waals surface area contributed by atoms with Crippen molar-refractivity contribution in [2.24, 2.45) is 0 Å². The van der Waals surface area contributed by atoms with Gasteiger partial charge in [0.2, 0.25) is 0 Å². The van der Waals surface area contributed by atoms with Gasteiger partial charge in [-0.2, -0.15) is 0 Å². The molecule has 25 heavy (non-hydrogen) atoms. The number of hydrogen-bond donors (Lipinski definition) is 1. The topological polar surface area (TPSA) is 67.9 Å². The molecule has 1 N–H and O–H groups in total. The van der Waals surface area contributed by atoms with Gasteiger partial charge in [-0.15, -0.1) is 0 Å². The third-order valence-electron chi connectivity index (χ3n) is 4.41. The van der Waals surface area contributed by atoms with E-state index in [9.17, 15) is 14.0 Å². The minimum atomic E-state index is -1.38. The number of hydrogen-bond acceptors (Lipinski definition) is 4. The Hall–Kier alpha value is -1.93. The first-order valence-corrected chi connectivity index (χ1v) is 11.9. The number of benzene rings is 1. The molecule has 8 heteroatoms. The summed E-state index contributed by atoms with van der Waals surface area (Å²) in [5.41, 5.74) is -1.27. The zero-order valence-corrected chi connectivity index (χ0v) is 16.3. The molecule has 1 fully saturated rings. The molecule has 1 aliphatic heterocycles. The van der Waals surface area contributed by atoms with Crippen LogP contribution in [-0.4, -0.2) is 45.4 Å². The van der Waals surface area contributed by atoms with E-state index in [1.165, 1.54) is 31.0 Å². The van der Waals surface area contributed by atoms with Crippen molar-refractivity contribution >= 4 is 20.0 Å². The van der Waals surface area contributed by atoms with Gasteiger partial charge < -0.3 is 14.4 Å². The molecule has 1 unspecified atom stereocenters. The van der Waals surface area contributed by atoms with Crippen molar-refractivity contribution in [3.63, 3.8) is 0 Å². The first-order valence-electron chi connectivity index (χ1n) is 8.15. The van der Waals surface area contributed by atoms with Crippen LogP contribution in [-0.2, 0) is 15.1 Å². The van der Waals surface area contributed by atoms with Crippen LogP contribution in [0.15, 0.2) is 18.2 Å². The predicted molar refractivity (Wildman–Crippen MR) is 94.7 cm³/mol. The van der Waals surface area contributed by atoms with Gasteiger partial charge in [0, 0.05) is 33.4 Å². The number of amides is 3. The van der Waals surface area contributed by atoms with E-state index in [2.05, 4.69) is 25.0 Å². The lowest BCUT2D eigenvalue weighted by atomic mass is 9.90. The highest BCUT2D eigenvalue weighted by Gasteiger charge is 2.49. The molecular weight excluding hydrogens is 343 g/mol. The Morgan fingerprint density at radius 2 is 1.96 bits per heavy atom. The van der Waals surface area contributed by atoms with Crippen LogP contribution in [0.2, 0.25) is 25.7 Å². The molecule has 0 aliphatic carbocycles. The molecule has 1 aromatic carbocycles. The average molecular weight is 368 g/mol. The van der Waals surface area contributed by atoms with Crippen molar-refractivity contribution in [3.05, 3.63) is 29.6 Å². The van der Waals surface area contributed by atoms with E-state index >= 15 is 0 Å². The van der Waals surface area contributed by atoms with Gasteiger partial charge in [0.15, 0.2) is 6.79 Å². The normalized spacial score (nSPS) is 20.8. The lowest BCUT2D eigenvalue weighted by Crippen LogP contribution is -2.42. The van der Waals surface area contributed by atoms with Crippen LogP contribution in [0.4, 0.5) is 9.18 Å². The highest BCUT2D eigenvalue weighted by atomic mass is 28.3. The van der Waals surface area contributed by atoms with E-state index in [4.69, 9.17) is 9.47 Å². The SMILES string of the molecule is CN1C(=O)NC(=O)C1(C)c1ccc(OCOCC[Si](C)(C)C)cc1F. The first kappa shape index (κ1) is 19.4. The fraction of sp³-hybridized carbons (Fsp3) is 0.529. The Labute approximate surface area is 148 Å². The molecule has 1 aromatic rings. The van der Waals surface area contributed by atoms with Crippen molar-refractivity contribution in [1.82, 2.24) is 10.2 Å². The van der Waals surface area contributed by atoms with E-state index in [0.29, 0.717) is 12.4 Å². The molecule has 1 aliphatic rings. The maximum absolute atomic E-state index is 14.5. The summed E-state index contributed by atoms with van der Waals surface area (Å²) in [6.45, 7) is 8.93. The average Bonchev–Trinajstić information content (AvgIpc) is 2.70. The summed E-state index contributed by atoms with van der Waals surface area (Å²) in [6.07, 6.45) is 0. The molecular formula is C17H25FN2O4Si. The fourth-order valence-corrected chi connectivity index (χ4v) is 3.25. The van der Waals surface area contributed by atoms with Crippen molar-refractivity contribution in [2.45, 2.75) is 38.1 Å². The molecule has 0 saturated carbocycles. The summed E-state index contributed by atoms with van der Waals surface area (Å²) >= 11 is 0. The molecule has 1 saturated heterocycles. The van der Waals surface area contributed by atoms with E-state index in [-0.39, 0.29) is 12.4 Å². The summed E-state index contributed by atoms with van der Waals surface area (Å²) in [5, 5.41) is 2.19. The molecule has 0 bridgehead atoms. The second kappa shape index (κ2) is 7.13. The zero-order valence-electron chi connectivity index (χ0n) is 15.3. The van der Waals surface area contributed by atoms with Crippen molar-refractivity contribution in [1.29, 1.82) is 0 Å². The van der Waals surface area contributed by atoms with Gasteiger partial charge in [-0.3, -0.25) is 10.1 Å². The fourth-order valence-electron chi connectivity index (χ4n) is 2.49. The van der Waals surface area contributed by atoms with Gasteiger partial charge in [0.1, 0.15) is 17.1 Å². The Kier molecular flexibility index (Phi) is 5.53. The number of urea groups is 1. The van der Waals surface area contributed by atoms with Crippen LogP contribution in [0.3, 0.4) is 0 Å². The highest BCUT2D eigenvalue weighted by molar-refractivity contribution is 6.76. The minimum absolute atomic E-state index is 0.0411. The Morgan fingerprint density at radius 3 is 2.48 bits per heavy atom. The van der Waals surface area contributed by atoms with E-state index in [1.54, 1.807) is 6.07 Å². The molecule has 3 amide bonds. The molecule has 138 valence electrons. The quantitative estimate of drug-likeness (QED) is 0.348. The van der Waals surface area contributed by atoms with Crippen LogP contribution in [0.5, 0.6) is 5.75 Å². The summed E-state index contributed by atoms with van der Waals surface area (Å²) in [7, 11) is 0.299. The predicted octanol–water partition coefficient (Wildman–Crippen LogP) is 2.91. The van der Waals surface area contributed by atoms with Crippen LogP contribution >= 0.6 is 0 Å². The van der Waals surface area contributed by atoms with E-state index in [0.717, 1.165) is 6.04 Å². The number of likely N-dealkylation sites (N-methyl/N-ethyl adjacent to an activating group) is 1. The number of carbonyl (C=O) groups excluding carboxylic acids is 2. The minimum Gasteiger partial charge on any atom is -0.467 e. The molecule has 1 heterocycles. The Balaban J connectivity index is 2.01. The van der Waals surface area contributed by atoms with E-state index < -0.39 is 31.4 Å². The van der Waals surface area contributed by atoms with Crippen LogP contribution in [0, 0.1) is 5.82 Å². The summed E-state index contributed by atoms with van der Waals surface area (Å²) < 4.78 is 25.3. The molecule has 0 radical (unpaired) electrons. The highest BCUT2D eigenvalue weighted by Crippen LogP contribution is 2.34. The summed E-state index contributed by atoms with van der Waals surface area (Å²) in [6, 6.07) is 4.70. The van der Waals surface area contributed by atoms with Crippen LogP contribution in [0.1, 0.15) is 12.5 Å². The number of nitrogens with zero attached hydrogens (tertiary/aromatic N) is 1. The third-order valence-corrected chi connectivity index (χ3v) is 6.11. The van der Waals surface area contributed by atoms with Gasteiger partial charge in [-0.25, -0.2) is 9.18 Å². The third kappa shape index (κ3) is 4.19. The van der Waals surface area contributed by atoms with Gasteiger partial charge in [-0.1, -0.05) is 19.6 Å². The molecule has 0 spiro atoms. The van der Waals surface area contributed by atoms with Gasteiger partial charge in [0.25, 0.3) is 5.91 Å². The van der Waals surface area contributed by atoms with Crippen molar-refractivity contribution < 1.29 is 23.5 Å². The second-order valence-corrected chi connectivity index (χ2v) is 13.1. The number of nitrogens with one attached hydrogen (secondary N) is 1. The first-order chi connectivity index (χ1) is 11.6. The number of rotatable bonds is 7. The monoisotopic (exact) mass is 368 g/mol. The van der Waals surface area contributed by atoms with Crippen LogP contribution < -0.4 is 10.1 Å². The molecule has 0 aromatic heterocycles.